The summed E-state index contributed by atoms with van der Waals surface area (Å²) in [6, 6.07) is 8.93. The summed E-state index contributed by atoms with van der Waals surface area (Å²) in [7, 11) is 0. The minimum atomic E-state index is -0.269. The van der Waals surface area contributed by atoms with Gasteiger partial charge in [0.25, 0.3) is 0 Å². The highest BCUT2D eigenvalue weighted by Crippen LogP contribution is 2.30. The maximum Gasteiger partial charge on any atom is 0.137 e. The molecule has 0 bridgehead atoms. The molecule has 0 aromatic heterocycles. The van der Waals surface area contributed by atoms with Crippen LogP contribution in [0.15, 0.2) is 39.3 Å². The normalized spacial score (nSPS) is 10.7. The molecule has 1 nitrogen and oxygen atoms in total. The molecule has 0 N–H and O–H groups in total. The van der Waals surface area contributed by atoms with Crippen LogP contribution < -0.4 is 4.74 Å². The Kier molecular flexibility index (Phi) is 5.64. The van der Waals surface area contributed by atoms with Crippen LogP contribution in [0.2, 0.25) is 0 Å². The quantitative estimate of drug-likeness (QED) is 0.492. The third kappa shape index (κ3) is 3.83. The summed E-state index contributed by atoms with van der Waals surface area (Å²) in [5.41, 5.74) is 3.06. The molecule has 0 unspecified atom stereocenters. The Labute approximate surface area is 142 Å². The van der Waals surface area contributed by atoms with Gasteiger partial charge >= 0.3 is 0 Å². The van der Waals surface area contributed by atoms with E-state index < -0.39 is 0 Å². The average molecular weight is 467 g/mol. The number of rotatable bonds is 4. The summed E-state index contributed by atoms with van der Waals surface area (Å²) >= 11 is 10.1. The van der Waals surface area contributed by atoms with Crippen molar-refractivity contribution in [3.8, 4) is 5.75 Å². The van der Waals surface area contributed by atoms with Crippen LogP contribution in [0.4, 0.5) is 4.39 Å². The minimum Gasteiger partial charge on any atom is -0.488 e. The number of hydrogen-bond donors (Lipinski definition) is 0. The fraction of sp³-hybridized carbons (Fsp3) is 0.200. The van der Waals surface area contributed by atoms with Crippen LogP contribution in [0.25, 0.3) is 0 Å². The largest absolute Gasteiger partial charge is 0.488 e. The molecule has 0 aliphatic rings. The van der Waals surface area contributed by atoms with Crippen molar-refractivity contribution in [1.82, 2.24) is 0 Å². The van der Waals surface area contributed by atoms with Crippen LogP contribution in [0.1, 0.15) is 16.7 Å². The zero-order valence-electron chi connectivity index (χ0n) is 10.7. The van der Waals surface area contributed by atoms with Crippen molar-refractivity contribution >= 4 is 47.8 Å². The van der Waals surface area contributed by atoms with E-state index in [2.05, 4.69) is 47.8 Å². The number of ether oxygens (including phenoxy) is 1. The molecule has 0 atom stereocenters. The molecular formula is C15H12Br3FO. The van der Waals surface area contributed by atoms with E-state index in [-0.39, 0.29) is 5.82 Å². The highest BCUT2D eigenvalue weighted by Gasteiger charge is 2.09. The molecule has 0 aliphatic carbocycles. The van der Waals surface area contributed by atoms with Crippen LogP contribution in [0, 0.1) is 12.7 Å². The Morgan fingerprint density at radius 2 is 1.90 bits per heavy atom. The number of aryl methyl sites for hydroxylation is 1. The first-order valence-electron chi connectivity index (χ1n) is 5.93. The van der Waals surface area contributed by atoms with E-state index in [1.54, 1.807) is 12.1 Å². The minimum absolute atomic E-state index is 0.269. The molecule has 0 spiro atoms. The lowest BCUT2D eigenvalue weighted by Crippen LogP contribution is -2.00. The lowest BCUT2D eigenvalue weighted by molar-refractivity contribution is 0.301. The van der Waals surface area contributed by atoms with Crippen LogP contribution in [0.3, 0.4) is 0 Å². The Morgan fingerprint density at radius 1 is 1.15 bits per heavy atom. The SMILES string of the molecule is Cc1cc(Br)cc(CBr)c1OCc1ccc(F)c(Br)c1. The third-order valence-electron chi connectivity index (χ3n) is 2.83. The predicted molar refractivity (Wildman–Crippen MR) is 89.9 cm³/mol. The fourth-order valence-corrected chi connectivity index (χ4v) is 3.35. The fourth-order valence-electron chi connectivity index (χ4n) is 1.89. The monoisotopic (exact) mass is 464 g/mol. The second-order valence-corrected chi connectivity index (χ2v) is 6.71. The Morgan fingerprint density at radius 3 is 2.55 bits per heavy atom. The Balaban J connectivity index is 2.20. The molecule has 106 valence electrons. The molecule has 0 heterocycles. The van der Waals surface area contributed by atoms with Gasteiger partial charge in [-0.15, -0.1) is 0 Å². The first-order chi connectivity index (χ1) is 9.51. The van der Waals surface area contributed by atoms with Crippen molar-refractivity contribution in [3.63, 3.8) is 0 Å². The second-order valence-electron chi connectivity index (χ2n) is 4.38. The lowest BCUT2D eigenvalue weighted by atomic mass is 10.1. The number of halogens is 4. The number of benzene rings is 2. The first-order valence-corrected chi connectivity index (χ1v) is 8.63. The first kappa shape index (κ1) is 16.0. The molecule has 0 radical (unpaired) electrons. The van der Waals surface area contributed by atoms with E-state index in [4.69, 9.17) is 4.74 Å². The highest BCUT2D eigenvalue weighted by molar-refractivity contribution is 9.10. The van der Waals surface area contributed by atoms with Gasteiger partial charge in [-0.2, -0.15) is 0 Å². The Hall–Kier alpha value is -0.390. The third-order valence-corrected chi connectivity index (χ3v) is 4.50. The Bertz CT molecular complexity index is 629. The van der Waals surface area contributed by atoms with Crippen molar-refractivity contribution in [1.29, 1.82) is 0 Å². The van der Waals surface area contributed by atoms with E-state index >= 15 is 0 Å². The summed E-state index contributed by atoms with van der Waals surface area (Å²) in [6.45, 7) is 2.41. The molecule has 0 aliphatic heterocycles. The van der Waals surface area contributed by atoms with Gasteiger partial charge in [0.2, 0.25) is 0 Å². The van der Waals surface area contributed by atoms with Crippen molar-refractivity contribution in [3.05, 3.63) is 61.8 Å². The van der Waals surface area contributed by atoms with Crippen LogP contribution >= 0.6 is 47.8 Å². The van der Waals surface area contributed by atoms with Gasteiger partial charge in [-0.05, 0) is 58.2 Å². The zero-order valence-corrected chi connectivity index (χ0v) is 15.5. The smallest absolute Gasteiger partial charge is 0.137 e. The summed E-state index contributed by atoms with van der Waals surface area (Å²) in [6.07, 6.45) is 0. The molecule has 2 aromatic rings. The van der Waals surface area contributed by atoms with Gasteiger partial charge in [0.1, 0.15) is 18.2 Å². The van der Waals surface area contributed by atoms with Gasteiger partial charge in [-0.3, -0.25) is 0 Å². The van der Waals surface area contributed by atoms with Crippen LogP contribution in [-0.2, 0) is 11.9 Å². The number of alkyl halides is 1. The predicted octanol–water partition coefficient (Wildman–Crippen LogP) is 6.13. The van der Waals surface area contributed by atoms with Crippen molar-refractivity contribution in [2.45, 2.75) is 18.9 Å². The summed E-state index contributed by atoms with van der Waals surface area (Å²) in [5, 5.41) is 0.718. The maximum atomic E-state index is 13.2. The standard InChI is InChI=1S/C15H12Br3FO/c1-9-4-12(17)6-11(7-16)15(9)20-8-10-2-3-14(19)13(18)5-10/h2-6H,7-8H2,1H3. The lowest BCUT2D eigenvalue weighted by Gasteiger charge is -2.14. The van der Waals surface area contributed by atoms with Gasteiger partial charge in [0.05, 0.1) is 4.47 Å². The van der Waals surface area contributed by atoms with Gasteiger partial charge < -0.3 is 4.74 Å². The van der Waals surface area contributed by atoms with Gasteiger partial charge in [-0.25, -0.2) is 4.39 Å². The zero-order chi connectivity index (χ0) is 14.7. The van der Waals surface area contributed by atoms with Crippen molar-refractivity contribution in [2.24, 2.45) is 0 Å². The summed E-state index contributed by atoms with van der Waals surface area (Å²) in [5.74, 6) is 0.597. The molecule has 2 rings (SSSR count). The summed E-state index contributed by atoms with van der Waals surface area (Å²) < 4.78 is 20.6. The van der Waals surface area contributed by atoms with Gasteiger partial charge in [0, 0.05) is 15.4 Å². The van der Waals surface area contributed by atoms with E-state index in [0.717, 1.165) is 32.2 Å². The molecule has 0 fully saturated rings. The second kappa shape index (κ2) is 7.05. The molecule has 5 heteroatoms. The van der Waals surface area contributed by atoms with E-state index in [9.17, 15) is 4.39 Å². The maximum absolute atomic E-state index is 13.2. The molecule has 0 saturated carbocycles. The van der Waals surface area contributed by atoms with E-state index in [1.165, 1.54) is 6.07 Å². The molecule has 20 heavy (non-hydrogen) atoms. The average Bonchev–Trinajstić information content (AvgIpc) is 2.40. The van der Waals surface area contributed by atoms with Gasteiger partial charge in [0.15, 0.2) is 0 Å². The topological polar surface area (TPSA) is 9.23 Å². The van der Waals surface area contributed by atoms with E-state index in [1.807, 2.05) is 19.1 Å². The highest BCUT2D eigenvalue weighted by atomic mass is 79.9. The molecular weight excluding hydrogens is 455 g/mol. The molecule has 0 amide bonds. The molecule has 0 saturated heterocycles. The van der Waals surface area contributed by atoms with E-state index in [0.29, 0.717) is 11.1 Å². The van der Waals surface area contributed by atoms with Crippen molar-refractivity contribution < 1.29 is 9.13 Å². The molecule has 2 aromatic carbocycles. The number of hydrogen-bond acceptors (Lipinski definition) is 1. The van der Waals surface area contributed by atoms with Gasteiger partial charge in [-0.1, -0.05) is 37.9 Å². The summed E-state index contributed by atoms with van der Waals surface area (Å²) in [4.78, 5) is 0. The van der Waals surface area contributed by atoms with Crippen molar-refractivity contribution in [2.75, 3.05) is 0 Å². The van der Waals surface area contributed by atoms with Crippen LogP contribution in [-0.4, -0.2) is 0 Å². The van der Waals surface area contributed by atoms with Crippen LogP contribution in [0.5, 0.6) is 5.75 Å².